The number of carbonyl (C=O) groups excluding carboxylic acids is 1. The van der Waals surface area contributed by atoms with Crippen LogP contribution < -0.4 is 4.74 Å². The summed E-state index contributed by atoms with van der Waals surface area (Å²) >= 11 is 0. The number of amides is 1. The standard InChI is InChI=1S/C31H31NO4/c1-23(2)8-7-9-24(3)22-36-29-18-16-27(17-19-29)30(33)32(20-25-10-5-4-6-11-25)21-26-12-14-28(15-13-26)31(34)35/h4-19H,1,20-22H2,2-3H3,(H,34,35)/b8-7-,24-9-. The molecule has 0 spiro atoms. The first-order chi connectivity index (χ1) is 17.3. The van der Waals surface area contributed by atoms with Crippen LogP contribution in [0.25, 0.3) is 0 Å². The molecule has 1 N–H and O–H groups in total. The predicted molar refractivity (Wildman–Crippen MR) is 143 cm³/mol. The molecule has 3 rings (SSSR count). The molecule has 0 saturated carbocycles. The molecule has 184 valence electrons. The van der Waals surface area contributed by atoms with Crippen LogP contribution in [-0.4, -0.2) is 28.5 Å². The van der Waals surface area contributed by atoms with Gasteiger partial charge in [0.05, 0.1) is 5.56 Å². The number of hydrogen-bond donors (Lipinski definition) is 1. The van der Waals surface area contributed by atoms with E-state index in [2.05, 4.69) is 6.58 Å². The van der Waals surface area contributed by atoms with Crippen molar-refractivity contribution in [2.75, 3.05) is 6.61 Å². The molecule has 5 heteroatoms. The minimum atomic E-state index is -0.977. The summed E-state index contributed by atoms with van der Waals surface area (Å²) in [5.41, 5.74) is 4.68. The number of nitrogens with zero attached hydrogens (tertiary/aromatic N) is 1. The Morgan fingerprint density at radius 3 is 2.03 bits per heavy atom. The zero-order valence-corrected chi connectivity index (χ0v) is 20.7. The van der Waals surface area contributed by atoms with E-state index >= 15 is 0 Å². The van der Waals surface area contributed by atoms with Gasteiger partial charge in [-0.05, 0) is 66.9 Å². The normalized spacial score (nSPS) is 11.3. The van der Waals surface area contributed by atoms with Gasteiger partial charge in [-0.3, -0.25) is 4.79 Å². The van der Waals surface area contributed by atoms with Crippen molar-refractivity contribution in [3.8, 4) is 5.75 Å². The lowest BCUT2D eigenvalue weighted by Crippen LogP contribution is -2.30. The molecule has 0 aliphatic rings. The zero-order chi connectivity index (χ0) is 25.9. The molecule has 0 fully saturated rings. The SMILES string of the molecule is C=C(C)/C=C\C=C(\C)COc1ccc(C(=O)N(Cc2ccccc2)Cc2ccc(C(=O)O)cc2)cc1. The van der Waals surface area contributed by atoms with Crippen LogP contribution in [0.5, 0.6) is 5.75 Å². The molecule has 0 unspecified atom stereocenters. The molecule has 0 heterocycles. The first-order valence-electron chi connectivity index (χ1n) is 11.7. The summed E-state index contributed by atoms with van der Waals surface area (Å²) in [5.74, 6) is -0.411. The predicted octanol–water partition coefficient (Wildman–Crippen LogP) is 6.68. The molecular formula is C31H31NO4. The van der Waals surface area contributed by atoms with Gasteiger partial charge in [-0.15, -0.1) is 0 Å². The van der Waals surface area contributed by atoms with Crippen LogP contribution in [0, 0.1) is 0 Å². The molecule has 0 aliphatic heterocycles. The van der Waals surface area contributed by atoms with Crippen LogP contribution in [0.2, 0.25) is 0 Å². The van der Waals surface area contributed by atoms with Crippen molar-refractivity contribution in [3.63, 3.8) is 0 Å². The molecule has 3 aromatic rings. The van der Waals surface area contributed by atoms with Crippen molar-refractivity contribution in [1.29, 1.82) is 0 Å². The summed E-state index contributed by atoms with van der Waals surface area (Å²) in [4.78, 5) is 26.4. The largest absolute Gasteiger partial charge is 0.489 e. The quantitative estimate of drug-likeness (QED) is 0.310. The Labute approximate surface area is 212 Å². The minimum absolute atomic E-state index is 0.117. The maximum atomic E-state index is 13.4. The van der Waals surface area contributed by atoms with E-state index < -0.39 is 5.97 Å². The van der Waals surface area contributed by atoms with Gasteiger partial charge in [0.15, 0.2) is 0 Å². The second-order valence-corrected chi connectivity index (χ2v) is 8.68. The van der Waals surface area contributed by atoms with E-state index in [1.165, 1.54) is 0 Å². The first-order valence-corrected chi connectivity index (χ1v) is 11.7. The third-order valence-corrected chi connectivity index (χ3v) is 5.41. The lowest BCUT2D eigenvalue weighted by atomic mass is 10.1. The van der Waals surface area contributed by atoms with Gasteiger partial charge < -0.3 is 14.7 Å². The number of ether oxygens (including phenoxy) is 1. The van der Waals surface area contributed by atoms with Crippen LogP contribution in [0.1, 0.15) is 45.7 Å². The second kappa shape index (κ2) is 12.9. The van der Waals surface area contributed by atoms with Gasteiger partial charge in [0.25, 0.3) is 5.91 Å². The molecule has 36 heavy (non-hydrogen) atoms. The number of allylic oxidation sites excluding steroid dienone is 4. The Bertz CT molecular complexity index is 1240. The molecule has 0 aromatic heterocycles. The number of carboxylic acids is 1. The number of carbonyl (C=O) groups is 2. The zero-order valence-electron chi connectivity index (χ0n) is 20.7. The smallest absolute Gasteiger partial charge is 0.335 e. The Balaban J connectivity index is 1.72. The van der Waals surface area contributed by atoms with E-state index in [4.69, 9.17) is 9.84 Å². The summed E-state index contributed by atoms with van der Waals surface area (Å²) in [6.07, 6.45) is 5.86. The third-order valence-electron chi connectivity index (χ3n) is 5.41. The lowest BCUT2D eigenvalue weighted by Gasteiger charge is -2.23. The first kappa shape index (κ1) is 26.2. The molecule has 0 radical (unpaired) electrons. The number of carboxylic acid groups (broad SMARTS) is 1. The molecular weight excluding hydrogens is 450 g/mol. The highest BCUT2D eigenvalue weighted by Gasteiger charge is 2.17. The van der Waals surface area contributed by atoms with Gasteiger partial charge in [0.2, 0.25) is 0 Å². The van der Waals surface area contributed by atoms with Crippen molar-refractivity contribution in [3.05, 3.63) is 137 Å². The fraction of sp³-hybridized carbons (Fsp3) is 0.161. The molecule has 1 amide bonds. The van der Waals surface area contributed by atoms with E-state index in [1.54, 1.807) is 53.4 Å². The Morgan fingerprint density at radius 2 is 1.44 bits per heavy atom. The van der Waals surface area contributed by atoms with Gasteiger partial charge in [0.1, 0.15) is 12.4 Å². The van der Waals surface area contributed by atoms with E-state index in [-0.39, 0.29) is 11.5 Å². The second-order valence-electron chi connectivity index (χ2n) is 8.68. The fourth-order valence-electron chi connectivity index (χ4n) is 3.47. The maximum Gasteiger partial charge on any atom is 0.335 e. The van der Waals surface area contributed by atoms with Crippen LogP contribution in [0.3, 0.4) is 0 Å². The minimum Gasteiger partial charge on any atom is -0.489 e. The molecule has 0 aliphatic carbocycles. The Hall–Kier alpha value is -4.38. The van der Waals surface area contributed by atoms with Crippen molar-refractivity contribution in [1.82, 2.24) is 4.90 Å². The average Bonchev–Trinajstić information content (AvgIpc) is 2.87. The van der Waals surface area contributed by atoms with Gasteiger partial charge in [-0.2, -0.15) is 0 Å². The number of aromatic carboxylic acids is 1. The summed E-state index contributed by atoms with van der Waals surface area (Å²) in [6, 6.07) is 23.5. The monoisotopic (exact) mass is 481 g/mol. The van der Waals surface area contributed by atoms with Crippen molar-refractivity contribution in [2.24, 2.45) is 0 Å². The summed E-state index contributed by atoms with van der Waals surface area (Å²) in [7, 11) is 0. The molecule has 0 bridgehead atoms. The van der Waals surface area contributed by atoms with E-state index in [9.17, 15) is 9.59 Å². The van der Waals surface area contributed by atoms with E-state index in [0.29, 0.717) is 31.0 Å². The Kier molecular flexibility index (Phi) is 9.40. The van der Waals surface area contributed by atoms with Crippen molar-refractivity contribution >= 4 is 11.9 Å². The van der Waals surface area contributed by atoms with Gasteiger partial charge >= 0.3 is 5.97 Å². The van der Waals surface area contributed by atoms with E-state index in [1.807, 2.05) is 62.4 Å². The van der Waals surface area contributed by atoms with Crippen LogP contribution >= 0.6 is 0 Å². The van der Waals surface area contributed by atoms with Crippen molar-refractivity contribution in [2.45, 2.75) is 26.9 Å². The summed E-state index contributed by atoms with van der Waals surface area (Å²) in [6.45, 7) is 9.00. The summed E-state index contributed by atoms with van der Waals surface area (Å²) in [5, 5.41) is 9.15. The van der Waals surface area contributed by atoms with Crippen LogP contribution in [-0.2, 0) is 13.1 Å². The highest BCUT2D eigenvalue weighted by atomic mass is 16.5. The number of benzene rings is 3. The van der Waals surface area contributed by atoms with Gasteiger partial charge in [0, 0.05) is 18.7 Å². The van der Waals surface area contributed by atoms with Crippen molar-refractivity contribution < 1.29 is 19.4 Å². The van der Waals surface area contributed by atoms with E-state index in [0.717, 1.165) is 22.3 Å². The molecule has 5 nitrogen and oxygen atoms in total. The topological polar surface area (TPSA) is 66.8 Å². The Morgan fingerprint density at radius 1 is 0.861 bits per heavy atom. The van der Waals surface area contributed by atoms with Crippen LogP contribution in [0.15, 0.2) is 115 Å². The lowest BCUT2D eigenvalue weighted by molar-refractivity contribution is 0.0693. The van der Waals surface area contributed by atoms with Gasteiger partial charge in [-0.1, -0.05) is 72.8 Å². The molecule has 0 atom stereocenters. The molecule has 0 saturated heterocycles. The third kappa shape index (κ3) is 8.13. The number of rotatable bonds is 11. The van der Waals surface area contributed by atoms with Crippen LogP contribution in [0.4, 0.5) is 0 Å². The fourth-order valence-corrected chi connectivity index (χ4v) is 3.47. The molecule has 3 aromatic carbocycles. The highest BCUT2D eigenvalue weighted by Crippen LogP contribution is 2.18. The average molecular weight is 482 g/mol. The number of hydrogen-bond acceptors (Lipinski definition) is 3. The maximum absolute atomic E-state index is 13.4. The van der Waals surface area contributed by atoms with Gasteiger partial charge in [-0.25, -0.2) is 4.79 Å². The summed E-state index contributed by atoms with van der Waals surface area (Å²) < 4.78 is 5.84. The highest BCUT2D eigenvalue weighted by molar-refractivity contribution is 5.94.